The van der Waals surface area contributed by atoms with Crippen molar-refractivity contribution in [1.29, 1.82) is 0 Å². The summed E-state index contributed by atoms with van der Waals surface area (Å²) in [7, 11) is 0. The number of ether oxygens (including phenoxy) is 1. The summed E-state index contributed by atoms with van der Waals surface area (Å²) in [5.41, 5.74) is 3.12. The van der Waals surface area contributed by atoms with Crippen LogP contribution < -0.4 is 15.4 Å². The highest BCUT2D eigenvalue weighted by atomic mass is 19.1. The first-order chi connectivity index (χ1) is 13.3. The van der Waals surface area contributed by atoms with E-state index in [1.54, 1.807) is 6.07 Å². The molecule has 6 heteroatoms. The van der Waals surface area contributed by atoms with Crippen LogP contribution in [0, 0.1) is 5.82 Å². The van der Waals surface area contributed by atoms with Crippen molar-refractivity contribution in [3.63, 3.8) is 0 Å². The maximum Gasteiger partial charge on any atom is 0.319 e. The summed E-state index contributed by atoms with van der Waals surface area (Å²) in [6.45, 7) is 3.84. The van der Waals surface area contributed by atoms with Crippen LogP contribution in [0.4, 0.5) is 14.9 Å². The summed E-state index contributed by atoms with van der Waals surface area (Å²) in [5, 5.41) is 15.9. The third-order valence-electron chi connectivity index (χ3n) is 5.45. The normalized spacial score (nSPS) is 22.4. The molecule has 5 nitrogen and oxygen atoms in total. The van der Waals surface area contributed by atoms with Gasteiger partial charge in [-0.3, -0.25) is 0 Å². The largest absolute Gasteiger partial charge is 0.487 e. The molecule has 0 bridgehead atoms. The van der Waals surface area contributed by atoms with Crippen LogP contribution in [0.2, 0.25) is 0 Å². The van der Waals surface area contributed by atoms with Gasteiger partial charge in [0.1, 0.15) is 17.2 Å². The van der Waals surface area contributed by atoms with Crippen molar-refractivity contribution in [1.82, 2.24) is 5.32 Å². The number of carbonyl (C=O) groups excluding carboxylic acids is 1. The van der Waals surface area contributed by atoms with Gasteiger partial charge in [-0.2, -0.15) is 0 Å². The molecule has 28 heavy (non-hydrogen) atoms. The Morgan fingerprint density at radius 1 is 1.29 bits per heavy atom. The van der Waals surface area contributed by atoms with Gasteiger partial charge in [-0.05, 0) is 49.9 Å². The molecule has 2 aromatic rings. The highest BCUT2D eigenvalue weighted by Crippen LogP contribution is 2.40. The minimum absolute atomic E-state index is 0.288. The molecular weight excluding hydrogens is 359 g/mol. The fraction of sp³-hybridized carbons (Fsp3) is 0.409. The predicted molar refractivity (Wildman–Crippen MR) is 105 cm³/mol. The van der Waals surface area contributed by atoms with Crippen molar-refractivity contribution >= 4 is 11.7 Å². The number of rotatable bonds is 2. The summed E-state index contributed by atoms with van der Waals surface area (Å²) in [6, 6.07) is 9.59. The highest BCUT2D eigenvalue weighted by Gasteiger charge is 2.35. The zero-order valence-electron chi connectivity index (χ0n) is 16.1. The molecule has 0 saturated carbocycles. The van der Waals surface area contributed by atoms with E-state index in [0.29, 0.717) is 18.6 Å². The number of aliphatic hydroxyl groups is 1. The predicted octanol–water partition coefficient (Wildman–Crippen LogP) is 4.10. The molecule has 1 heterocycles. The Labute approximate surface area is 163 Å². The number of benzene rings is 2. The van der Waals surface area contributed by atoms with Crippen LogP contribution in [0.15, 0.2) is 36.4 Å². The number of aliphatic hydroxyl groups excluding tert-OH is 1. The minimum atomic E-state index is -0.519. The average Bonchev–Trinajstić information content (AvgIpc) is 2.60. The van der Waals surface area contributed by atoms with E-state index in [-0.39, 0.29) is 24.0 Å². The Bertz CT molecular complexity index is 913. The molecular formula is C22H25FN2O3. The van der Waals surface area contributed by atoms with Crippen molar-refractivity contribution in [2.24, 2.45) is 0 Å². The quantitative estimate of drug-likeness (QED) is 0.730. The second-order valence-corrected chi connectivity index (χ2v) is 8.24. The molecule has 2 aliphatic rings. The molecule has 2 atom stereocenters. The van der Waals surface area contributed by atoms with Crippen LogP contribution in [0.1, 0.15) is 49.4 Å². The first-order valence-corrected chi connectivity index (χ1v) is 9.65. The molecule has 0 aromatic heterocycles. The molecule has 0 unspecified atom stereocenters. The second kappa shape index (κ2) is 7.09. The van der Waals surface area contributed by atoms with E-state index in [4.69, 9.17) is 4.74 Å². The van der Waals surface area contributed by atoms with Crippen molar-refractivity contribution in [2.75, 3.05) is 5.32 Å². The van der Waals surface area contributed by atoms with E-state index in [0.717, 1.165) is 35.2 Å². The van der Waals surface area contributed by atoms with E-state index in [2.05, 4.69) is 10.6 Å². The molecule has 2 aromatic carbocycles. The molecule has 0 spiro atoms. The first kappa shape index (κ1) is 18.7. The van der Waals surface area contributed by atoms with E-state index < -0.39 is 5.60 Å². The molecule has 1 aliphatic carbocycles. The van der Waals surface area contributed by atoms with Gasteiger partial charge < -0.3 is 20.5 Å². The van der Waals surface area contributed by atoms with Gasteiger partial charge in [0.25, 0.3) is 0 Å². The third kappa shape index (κ3) is 3.83. The number of carbonyl (C=O) groups is 1. The number of halogens is 1. The number of anilines is 1. The van der Waals surface area contributed by atoms with Gasteiger partial charge in [0.05, 0.1) is 12.1 Å². The lowest BCUT2D eigenvalue weighted by Gasteiger charge is -2.38. The van der Waals surface area contributed by atoms with Crippen molar-refractivity contribution in [3.05, 3.63) is 58.9 Å². The number of urea groups is 1. The fourth-order valence-electron chi connectivity index (χ4n) is 4.16. The fourth-order valence-corrected chi connectivity index (χ4v) is 4.16. The topological polar surface area (TPSA) is 70.6 Å². The van der Waals surface area contributed by atoms with Crippen LogP contribution in [-0.2, 0) is 12.8 Å². The van der Waals surface area contributed by atoms with Gasteiger partial charge in [0.2, 0.25) is 0 Å². The van der Waals surface area contributed by atoms with Gasteiger partial charge in [0, 0.05) is 30.2 Å². The number of amides is 2. The number of aryl methyl sites for hydroxylation is 1. The van der Waals surface area contributed by atoms with Crippen LogP contribution in [0.25, 0.3) is 0 Å². The Morgan fingerprint density at radius 2 is 2.11 bits per heavy atom. The highest BCUT2D eigenvalue weighted by molar-refractivity contribution is 5.90. The summed E-state index contributed by atoms with van der Waals surface area (Å²) in [4.78, 5) is 12.7. The lowest BCUT2D eigenvalue weighted by molar-refractivity contribution is 0.0678. The van der Waals surface area contributed by atoms with E-state index in [9.17, 15) is 14.3 Å². The summed E-state index contributed by atoms with van der Waals surface area (Å²) < 4.78 is 19.5. The van der Waals surface area contributed by atoms with Crippen molar-refractivity contribution in [2.45, 2.75) is 57.3 Å². The monoisotopic (exact) mass is 384 g/mol. The van der Waals surface area contributed by atoms with Crippen molar-refractivity contribution in [3.8, 4) is 5.75 Å². The zero-order chi connectivity index (χ0) is 19.9. The van der Waals surface area contributed by atoms with Gasteiger partial charge in [0.15, 0.2) is 0 Å². The first-order valence-electron chi connectivity index (χ1n) is 9.65. The molecule has 3 N–H and O–H groups in total. The lowest BCUT2D eigenvalue weighted by atomic mass is 9.88. The minimum Gasteiger partial charge on any atom is -0.487 e. The van der Waals surface area contributed by atoms with Gasteiger partial charge >= 0.3 is 6.03 Å². The molecule has 0 fully saturated rings. The maximum atomic E-state index is 13.6. The summed E-state index contributed by atoms with van der Waals surface area (Å²) in [6.07, 6.45) is 2.29. The molecule has 2 amide bonds. The van der Waals surface area contributed by atoms with Gasteiger partial charge in [-0.1, -0.05) is 18.2 Å². The Balaban J connectivity index is 1.54. The molecule has 0 radical (unpaired) electrons. The Morgan fingerprint density at radius 3 is 2.93 bits per heavy atom. The molecule has 1 aliphatic heterocycles. The Kier molecular flexibility index (Phi) is 4.75. The summed E-state index contributed by atoms with van der Waals surface area (Å²) >= 11 is 0. The number of fused-ring (bicyclic) bond motifs is 2. The standard InChI is InChI=1S/C22H25FN2O3/c1-22(2)12-19(16-9-7-14(23)10-20(16)28-22)25-21(27)24-18-5-3-4-13-6-8-15(26)11-17(13)18/h3-5,7,9-10,15,19,26H,6,8,11-12H2,1-2H3,(H2,24,25,27)/t15-,19+/m0/s1. The number of hydrogen-bond donors (Lipinski definition) is 3. The van der Waals surface area contributed by atoms with Crippen LogP contribution in [0.3, 0.4) is 0 Å². The van der Waals surface area contributed by atoms with Crippen LogP contribution in [0.5, 0.6) is 5.75 Å². The van der Waals surface area contributed by atoms with Crippen LogP contribution in [-0.4, -0.2) is 22.8 Å². The van der Waals surface area contributed by atoms with Crippen LogP contribution >= 0.6 is 0 Å². The number of hydrogen-bond acceptors (Lipinski definition) is 3. The summed E-state index contributed by atoms with van der Waals surface area (Å²) in [5.74, 6) is 0.0934. The average molecular weight is 384 g/mol. The van der Waals surface area contributed by atoms with E-state index >= 15 is 0 Å². The maximum absolute atomic E-state index is 13.6. The van der Waals surface area contributed by atoms with Crippen molar-refractivity contribution < 1.29 is 19.0 Å². The third-order valence-corrected chi connectivity index (χ3v) is 5.45. The lowest BCUT2D eigenvalue weighted by Crippen LogP contribution is -2.42. The molecule has 0 saturated heterocycles. The molecule has 148 valence electrons. The second-order valence-electron chi connectivity index (χ2n) is 8.24. The SMILES string of the molecule is CC1(C)C[C@@H](NC(=O)Nc2cccc3c2C[C@@H](O)CC3)c2ccc(F)cc2O1. The smallest absolute Gasteiger partial charge is 0.319 e. The zero-order valence-corrected chi connectivity index (χ0v) is 16.1. The Hall–Kier alpha value is -2.60. The van der Waals surface area contributed by atoms with E-state index in [1.165, 1.54) is 12.1 Å². The van der Waals surface area contributed by atoms with Gasteiger partial charge in [-0.25, -0.2) is 9.18 Å². The number of nitrogens with one attached hydrogen (secondary N) is 2. The molecule has 4 rings (SSSR count). The van der Waals surface area contributed by atoms with Gasteiger partial charge in [-0.15, -0.1) is 0 Å². The van der Waals surface area contributed by atoms with E-state index in [1.807, 2.05) is 32.0 Å².